The summed E-state index contributed by atoms with van der Waals surface area (Å²) in [5.41, 5.74) is 2.84. The zero-order valence-corrected chi connectivity index (χ0v) is 9.62. The van der Waals surface area contributed by atoms with Gasteiger partial charge in [0.15, 0.2) is 0 Å². The molecule has 0 unspecified atom stereocenters. The minimum Gasteiger partial charge on any atom is -0.305 e. The van der Waals surface area contributed by atoms with Gasteiger partial charge in [-0.1, -0.05) is 24.3 Å². The second-order valence-electron chi connectivity index (χ2n) is 4.24. The fourth-order valence-corrected chi connectivity index (χ4v) is 1.55. The van der Waals surface area contributed by atoms with Gasteiger partial charge in [0, 0.05) is 13.1 Å². The van der Waals surface area contributed by atoms with Crippen molar-refractivity contribution in [1.82, 2.24) is 9.80 Å². The number of nitrogens with zero attached hydrogens (tertiary/aromatic N) is 2. The van der Waals surface area contributed by atoms with Gasteiger partial charge >= 0.3 is 0 Å². The third-order valence-corrected chi connectivity index (χ3v) is 2.09. The summed E-state index contributed by atoms with van der Waals surface area (Å²) >= 11 is 0. The summed E-state index contributed by atoms with van der Waals surface area (Å²) in [6.07, 6.45) is 0. The average molecular weight is 192 g/mol. The predicted octanol–water partition coefficient (Wildman–Crippen LogP) is 1.81. The van der Waals surface area contributed by atoms with Crippen molar-refractivity contribution in [2.24, 2.45) is 0 Å². The van der Waals surface area contributed by atoms with Crippen LogP contribution in [-0.4, -0.2) is 38.0 Å². The Bertz CT molecular complexity index is 250. The van der Waals surface area contributed by atoms with Crippen LogP contribution in [0.5, 0.6) is 0 Å². The van der Waals surface area contributed by atoms with Gasteiger partial charge in [0.25, 0.3) is 0 Å². The van der Waals surface area contributed by atoms with Crippen LogP contribution in [0.1, 0.15) is 11.1 Å². The number of benzene rings is 1. The van der Waals surface area contributed by atoms with Gasteiger partial charge in [-0.2, -0.15) is 0 Å². The van der Waals surface area contributed by atoms with Gasteiger partial charge in [-0.25, -0.2) is 0 Å². The molecule has 1 aromatic carbocycles. The van der Waals surface area contributed by atoms with E-state index in [4.69, 9.17) is 0 Å². The van der Waals surface area contributed by atoms with Crippen LogP contribution >= 0.6 is 0 Å². The minimum atomic E-state index is 1.02. The lowest BCUT2D eigenvalue weighted by atomic mass is 10.1. The molecule has 1 aromatic rings. The smallest absolute Gasteiger partial charge is 0.0230 e. The van der Waals surface area contributed by atoms with Crippen LogP contribution in [0.25, 0.3) is 0 Å². The Hall–Kier alpha value is -0.860. The molecule has 2 heteroatoms. The molecular weight excluding hydrogens is 172 g/mol. The van der Waals surface area contributed by atoms with E-state index in [-0.39, 0.29) is 0 Å². The molecule has 14 heavy (non-hydrogen) atoms. The molecule has 0 aromatic heterocycles. The zero-order chi connectivity index (χ0) is 10.6. The summed E-state index contributed by atoms with van der Waals surface area (Å²) in [5.74, 6) is 0. The Labute approximate surface area is 87.1 Å². The third-order valence-electron chi connectivity index (χ3n) is 2.09. The monoisotopic (exact) mass is 192 g/mol. The Morgan fingerprint density at radius 3 is 1.43 bits per heavy atom. The van der Waals surface area contributed by atoms with Crippen LogP contribution in [0.3, 0.4) is 0 Å². The number of hydrogen-bond acceptors (Lipinski definition) is 2. The SMILES string of the molecule is CN(C)Cc1ccccc1CN(C)C. The van der Waals surface area contributed by atoms with Crippen molar-refractivity contribution in [3.05, 3.63) is 35.4 Å². The van der Waals surface area contributed by atoms with Gasteiger partial charge in [-0.05, 0) is 39.3 Å². The minimum absolute atomic E-state index is 1.02. The van der Waals surface area contributed by atoms with Crippen LogP contribution in [0.2, 0.25) is 0 Å². The second-order valence-corrected chi connectivity index (χ2v) is 4.24. The maximum absolute atomic E-state index is 2.21. The lowest BCUT2D eigenvalue weighted by Gasteiger charge is -2.16. The molecule has 0 aliphatic rings. The molecule has 0 spiro atoms. The highest BCUT2D eigenvalue weighted by Crippen LogP contribution is 2.11. The van der Waals surface area contributed by atoms with Gasteiger partial charge in [-0.15, -0.1) is 0 Å². The third kappa shape index (κ3) is 3.48. The first-order valence-electron chi connectivity index (χ1n) is 4.96. The highest BCUT2D eigenvalue weighted by Gasteiger charge is 2.03. The molecule has 1 rings (SSSR count). The fourth-order valence-electron chi connectivity index (χ4n) is 1.55. The Morgan fingerprint density at radius 2 is 1.14 bits per heavy atom. The quantitative estimate of drug-likeness (QED) is 0.718. The molecule has 0 amide bonds. The summed E-state index contributed by atoms with van der Waals surface area (Å²) in [5, 5.41) is 0. The summed E-state index contributed by atoms with van der Waals surface area (Å²) in [6.45, 7) is 2.04. The van der Waals surface area contributed by atoms with E-state index in [0.717, 1.165) is 13.1 Å². The Kier molecular flexibility index (Phi) is 4.11. The predicted molar refractivity (Wildman–Crippen MR) is 61.2 cm³/mol. The molecule has 0 heterocycles. The van der Waals surface area contributed by atoms with E-state index in [9.17, 15) is 0 Å². The normalized spacial score (nSPS) is 11.3. The second kappa shape index (κ2) is 5.13. The standard InChI is InChI=1S/C12H20N2/c1-13(2)9-11-7-5-6-8-12(11)10-14(3)4/h5-8H,9-10H2,1-4H3. The summed E-state index contributed by atoms with van der Waals surface area (Å²) < 4.78 is 0. The number of rotatable bonds is 4. The molecule has 0 saturated carbocycles. The van der Waals surface area contributed by atoms with E-state index in [1.54, 1.807) is 0 Å². The molecule has 0 bridgehead atoms. The Balaban J connectivity index is 2.80. The van der Waals surface area contributed by atoms with E-state index in [1.165, 1.54) is 11.1 Å². The van der Waals surface area contributed by atoms with Gasteiger partial charge in [-0.3, -0.25) is 0 Å². The molecule has 0 N–H and O–H groups in total. The maximum atomic E-state index is 2.21. The molecule has 0 atom stereocenters. The summed E-state index contributed by atoms with van der Waals surface area (Å²) in [4.78, 5) is 4.41. The van der Waals surface area contributed by atoms with Crippen molar-refractivity contribution >= 4 is 0 Å². The van der Waals surface area contributed by atoms with Crippen LogP contribution in [0, 0.1) is 0 Å². The summed E-state index contributed by atoms with van der Waals surface area (Å²) in [6, 6.07) is 8.63. The molecule has 0 fully saturated rings. The summed E-state index contributed by atoms with van der Waals surface area (Å²) in [7, 11) is 8.41. The average Bonchev–Trinajstić information content (AvgIpc) is 2.06. The largest absolute Gasteiger partial charge is 0.305 e. The van der Waals surface area contributed by atoms with Crippen molar-refractivity contribution in [2.75, 3.05) is 28.2 Å². The molecule has 0 radical (unpaired) electrons. The molecular formula is C12H20N2. The van der Waals surface area contributed by atoms with Crippen molar-refractivity contribution < 1.29 is 0 Å². The molecule has 0 aliphatic heterocycles. The van der Waals surface area contributed by atoms with Crippen LogP contribution in [0.15, 0.2) is 24.3 Å². The first-order valence-corrected chi connectivity index (χ1v) is 4.96. The molecule has 0 saturated heterocycles. The van der Waals surface area contributed by atoms with Gasteiger partial charge in [0.05, 0.1) is 0 Å². The first-order chi connectivity index (χ1) is 6.59. The van der Waals surface area contributed by atoms with E-state index in [0.29, 0.717) is 0 Å². The highest BCUT2D eigenvalue weighted by atomic mass is 15.1. The van der Waals surface area contributed by atoms with E-state index >= 15 is 0 Å². The van der Waals surface area contributed by atoms with Gasteiger partial charge in [0.2, 0.25) is 0 Å². The lowest BCUT2D eigenvalue weighted by Crippen LogP contribution is -2.16. The van der Waals surface area contributed by atoms with E-state index in [2.05, 4.69) is 62.3 Å². The van der Waals surface area contributed by atoms with E-state index < -0.39 is 0 Å². The van der Waals surface area contributed by atoms with Crippen LogP contribution in [0.4, 0.5) is 0 Å². The zero-order valence-electron chi connectivity index (χ0n) is 9.62. The fraction of sp³-hybridized carbons (Fsp3) is 0.500. The molecule has 0 aliphatic carbocycles. The first kappa shape index (κ1) is 11.2. The van der Waals surface area contributed by atoms with Crippen LogP contribution in [-0.2, 0) is 13.1 Å². The molecule has 2 nitrogen and oxygen atoms in total. The van der Waals surface area contributed by atoms with Crippen molar-refractivity contribution in [3.8, 4) is 0 Å². The lowest BCUT2D eigenvalue weighted by molar-refractivity contribution is 0.381. The Morgan fingerprint density at radius 1 is 0.786 bits per heavy atom. The topological polar surface area (TPSA) is 6.48 Å². The van der Waals surface area contributed by atoms with E-state index in [1.807, 2.05) is 0 Å². The molecule has 78 valence electrons. The highest BCUT2D eigenvalue weighted by molar-refractivity contribution is 5.26. The van der Waals surface area contributed by atoms with Gasteiger partial charge in [0.1, 0.15) is 0 Å². The van der Waals surface area contributed by atoms with Crippen molar-refractivity contribution in [2.45, 2.75) is 13.1 Å². The maximum Gasteiger partial charge on any atom is 0.0230 e. The number of hydrogen-bond donors (Lipinski definition) is 0. The van der Waals surface area contributed by atoms with Gasteiger partial charge < -0.3 is 9.80 Å². The van der Waals surface area contributed by atoms with Crippen LogP contribution < -0.4 is 0 Å². The van der Waals surface area contributed by atoms with Crippen molar-refractivity contribution in [1.29, 1.82) is 0 Å². The van der Waals surface area contributed by atoms with Crippen molar-refractivity contribution in [3.63, 3.8) is 0 Å².